The maximum Gasteiger partial charge on any atom is 0.237 e. The van der Waals surface area contributed by atoms with Gasteiger partial charge >= 0.3 is 0 Å². The highest BCUT2D eigenvalue weighted by Crippen LogP contribution is 2.15. The van der Waals surface area contributed by atoms with E-state index in [1.807, 2.05) is 41.8 Å². The van der Waals surface area contributed by atoms with Crippen LogP contribution in [0.15, 0.2) is 48.1 Å². The van der Waals surface area contributed by atoms with Gasteiger partial charge in [0.2, 0.25) is 5.91 Å². The van der Waals surface area contributed by atoms with E-state index in [1.165, 1.54) is 0 Å². The smallest absolute Gasteiger partial charge is 0.237 e. The number of nitrogens with zero attached hydrogens (tertiary/aromatic N) is 2. The van der Waals surface area contributed by atoms with Crippen LogP contribution in [0.4, 0.5) is 0 Å². The number of hydrogen-bond acceptors (Lipinski definition) is 3. The van der Waals surface area contributed by atoms with Crippen molar-refractivity contribution in [2.45, 2.75) is 6.42 Å². The van der Waals surface area contributed by atoms with Gasteiger partial charge in [0.1, 0.15) is 6.33 Å². The van der Waals surface area contributed by atoms with Gasteiger partial charge in [0.25, 0.3) is 0 Å². The number of benzene rings is 1. The van der Waals surface area contributed by atoms with Gasteiger partial charge in [-0.05, 0) is 23.6 Å². The first-order valence-electron chi connectivity index (χ1n) is 5.32. The molecule has 0 radical (unpaired) electrons. The van der Waals surface area contributed by atoms with Gasteiger partial charge in [0, 0.05) is 4.88 Å². The van der Waals surface area contributed by atoms with Crippen LogP contribution in [0.3, 0.4) is 0 Å². The molecule has 0 aliphatic heterocycles. The summed E-state index contributed by atoms with van der Waals surface area (Å²) >= 11 is 1.60. The van der Waals surface area contributed by atoms with Crippen LogP contribution in [0.1, 0.15) is 9.67 Å². The van der Waals surface area contributed by atoms with Crippen LogP contribution in [0.5, 0.6) is 0 Å². The molecule has 0 aliphatic rings. The highest BCUT2D eigenvalue weighted by Gasteiger charge is 2.10. The largest absolute Gasteiger partial charge is 0.274 e. The summed E-state index contributed by atoms with van der Waals surface area (Å²) in [5.74, 6) is 0.0566. The van der Waals surface area contributed by atoms with E-state index < -0.39 is 0 Å². The van der Waals surface area contributed by atoms with Crippen LogP contribution in [0.25, 0.3) is 11.0 Å². The third-order valence-corrected chi connectivity index (χ3v) is 3.50. The van der Waals surface area contributed by atoms with Gasteiger partial charge in [-0.1, -0.05) is 18.2 Å². The molecule has 0 saturated carbocycles. The first-order chi connectivity index (χ1) is 8.34. The zero-order valence-corrected chi connectivity index (χ0v) is 9.85. The van der Waals surface area contributed by atoms with E-state index in [2.05, 4.69) is 4.98 Å². The average molecular weight is 242 g/mol. The van der Waals surface area contributed by atoms with Crippen LogP contribution in [0, 0.1) is 0 Å². The molecule has 4 heteroatoms. The number of imidazole rings is 1. The second-order valence-electron chi connectivity index (χ2n) is 3.75. The second kappa shape index (κ2) is 4.14. The van der Waals surface area contributed by atoms with Crippen LogP contribution >= 0.6 is 11.3 Å². The minimum Gasteiger partial charge on any atom is -0.274 e. The Morgan fingerprint density at radius 2 is 2.12 bits per heavy atom. The first kappa shape index (κ1) is 10.2. The Morgan fingerprint density at radius 3 is 2.94 bits per heavy atom. The van der Waals surface area contributed by atoms with E-state index in [4.69, 9.17) is 0 Å². The molecule has 0 saturated heterocycles. The highest BCUT2D eigenvalue weighted by molar-refractivity contribution is 7.10. The third kappa shape index (κ3) is 1.87. The summed E-state index contributed by atoms with van der Waals surface area (Å²) in [6, 6.07) is 11.6. The number of carbonyl (C=O) groups excluding carboxylic acids is 1. The van der Waals surface area contributed by atoms with Gasteiger partial charge in [-0.2, -0.15) is 0 Å². The lowest BCUT2D eigenvalue weighted by Gasteiger charge is -2.01. The van der Waals surface area contributed by atoms with Gasteiger partial charge in [-0.25, -0.2) is 4.98 Å². The molecule has 1 aromatic carbocycles. The molecule has 84 valence electrons. The molecule has 0 fully saturated rings. The Balaban J connectivity index is 1.96. The van der Waals surface area contributed by atoms with Gasteiger partial charge < -0.3 is 0 Å². The number of thiophene rings is 1. The molecule has 3 nitrogen and oxygen atoms in total. The molecule has 0 N–H and O–H groups in total. The van der Waals surface area contributed by atoms with E-state index in [0.29, 0.717) is 6.42 Å². The Hall–Kier alpha value is -1.94. The average Bonchev–Trinajstić information content (AvgIpc) is 2.96. The van der Waals surface area contributed by atoms with Crippen LogP contribution < -0.4 is 0 Å². The summed E-state index contributed by atoms with van der Waals surface area (Å²) in [6.45, 7) is 0. The topological polar surface area (TPSA) is 34.9 Å². The minimum absolute atomic E-state index is 0.0566. The molecule has 2 heterocycles. The van der Waals surface area contributed by atoms with Gasteiger partial charge in [0.15, 0.2) is 0 Å². The van der Waals surface area contributed by atoms with Gasteiger partial charge in [0.05, 0.1) is 17.5 Å². The number of para-hydroxylation sites is 2. The summed E-state index contributed by atoms with van der Waals surface area (Å²) < 4.78 is 1.62. The standard InChI is InChI=1S/C13H10N2OS/c16-13(8-10-4-3-7-17-10)15-9-14-11-5-1-2-6-12(11)15/h1-7,9H,8H2. The van der Waals surface area contributed by atoms with Crippen LogP contribution in [0.2, 0.25) is 0 Å². The summed E-state index contributed by atoms with van der Waals surface area (Å²) in [5, 5.41) is 1.98. The summed E-state index contributed by atoms with van der Waals surface area (Å²) in [5.41, 5.74) is 1.72. The Labute approximate surface area is 102 Å². The Kier molecular flexibility index (Phi) is 2.49. The first-order valence-corrected chi connectivity index (χ1v) is 6.20. The van der Waals surface area contributed by atoms with E-state index in [9.17, 15) is 4.79 Å². The molecule has 0 amide bonds. The summed E-state index contributed by atoms with van der Waals surface area (Å²) in [6.07, 6.45) is 2.03. The van der Waals surface area contributed by atoms with Crippen molar-refractivity contribution in [3.05, 3.63) is 53.0 Å². The van der Waals surface area contributed by atoms with Crippen LogP contribution in [-0.4, -0.2) is 15.5 Å². The van der Waals surface area contributed by atoms with Crippen molar-refractivity contribution in [3.8, 4) is 0 Å². The molecule has 3 rings (SSSR count). The zero-order chi connectivity index (χ0) is 11.7. The predicted octanol–water partition coefficient (Wildman–Crippen LogP) is 2.98. The number of fused-ring (bicyclic) bond motifs is 1. The van der Waals surface area contributed by atoms with Crippen molar-refractivity contribution < 1.29 is 4.79 Å². The fourth-order valence-electron chi connectivity index (χ4n) is 1.81. The number of aromatic nitrogens is 2. The van der Waals surface area contributed by atoms with Crippen molar-refractivity contribution in [1.82, 2.24) is 9.55 Å². The maximum absolute atomic E-state index is 12.1. The Morgan fingerprint density at radius 1 is 1.24 bits per heavy atom. The normalized spacial score (nSPS) is 10.8. The molecule has 0 aliphatic carbocycles. The molecule has 3 aromatic rings. The van der Waals surface area contributed by atoms with Crippen molar-refractivity contribution in [2.24, 2.45) is 0 Å². The minimum atomic E-state index is 0.0566. The SMILES string of the molecule is O=C(Cc1cccs1)n1cnc2ccccc21. The molecule has 0 unspecified atom stereocenters. The number of carbonyl (C=O) groups is 1. The van der Waals surface area contributed by atoms with Crippen molar-refractivity contribution in [3.63, 3.8) is 0 Å². The number of rotatable bonds is 2. The highest BCUT2D eigenvalue weighted by atomic mass is 32.1. The summed E-state index contributed by atoms with van der Waals surface area (Å²) in [4.78, 5) is 17.4. The van der Waals surface area contributed by atoms with Crippen molar-refractivity contribution >= 4 is 28.3 Å². The molecular formula is C13H10N2OS. The third-order valence-electron chi connectivity index (χ3n) is 2.63. The molecule has 0 atom stereocenters. The van der Waals surface area contributed by atoms with Gasteiger partial charge in [-0.3, -0.25) is 9.36 Å². The fraction of sp³-hybridized carbons (Fsp3) is 0.0769. The molecular weight excluding hydrogens is 232 g/mol. The molecule has 2 aromatic heterocycles. The zero-order valence-electron chi connectivity index (χ0n) is 9.04. The summed E-state index contributed by atoms with van der Waals surface area (Å²) in [7, 11) is 0. The van der Waals surface area contributed by atoms with Crippen molar-refractivity contribution in [1.29, 1.82) is 0 Å². The Bertz CT molecular complexity index is 655. The quantitative estimate of drug-likeness (QED) is 0.692. The lowest BCUT2D eigenvalue weighted by molar-refractivity contribution is 0.0919. The van der Waals surface area contributed by atoms with E-state index >= 15 is 0 Å². The molecule has 17 heavy (non-hydrogen) atoms. The number of hydrogen-bond donors (Lipinski definition) is 0. The lowest BCUT2D eigenvalue weighted by Crippen LogP contribution is -2.11. The van der Waals surface area contributed by atoms with Gasteiger partial charge in [-0.15, -0.1) is 11.3 Å². The fourth-order valence-corrected chi connectivity index (χ4v) is 2.50. The lowest BCUT2D eigenvalue weighted by atomic mass is 10.3. The van der Waals surface area contributed by atoms with Crippen molar-refractivity contribution in [2.75, 3.05) is 0 Å². The maximum atomic E-state index is 12.1. The van der Waals surface area contributed by atoms with E-state index in [0.717, 1.165) is 15.9 Å². The molecule has 0 spiro atoms. The monoisotopic (exact) mass is 242 g/mol. The van der Waals surface area contributed by atoms with Crippen LogP contribution in [-0.2, 0) is 6.42 Å². The molecule has 0 bridgehead atoms. The predicted molar refractivity (Wildman–Crippen MR) is 68.4 cm³/mol. The second-order valence-corrected chi connectivity index (χ2v) is 4.79. The van der Waals surface area contributed by atoms with E-state index in [-0.39, 0.29) is 5.91 Å². The van der Waals surface area contributed by atoms with E-state index in [1.54, 1.807) is 22.2 Å².